The summed E-state index contributed by atoms with van der Waals surface area (Å²) in [4.78, 5) is 16.4. The summed E-state index contributed by atoms with van der Waals surface area (Å²) in [5.74, 6) is -0.242. The van der Waals surface area contributed by atoms with Gasteiger partial charge in [-0.3, -0.25) is 9.78 Å². The lowest BCUT2D eigenvalue weighted by Crippen LogP contribution is -2.26. The van der Waals surface area contributed by atoms with Gasteiger partial charge in [-0.1, -0.05) is 24.3 Å². The molecule has 0 aliphatic carbocycles. The molecule has 0 bridgehead atoms. The number of fused-ring (bicyclic) bond motifs is 1. The molecule has 0 radical (unpaired) electrons. The van der Waals surface area contributed by atoms with Crippen molar-refractivity contribution >= 4 is 22.9 Å². The molecule has 3 aromatic rings. The van der Waals surface area contributed by atoms with E-state index < -0.39 is 5.91 Å². The minimum atomic E-state index is -0.471. The Morgan fingerprint density at radius 3 is 2.67 bits per heavy atom. The van der Waals surface area contributed by atoms with Crippen molar-refractivity contribution in [1.29, 1.82) is 5.26 Å². The van der Waals surface area contributed by atoms with E-state index in [1.54, 1.807) is 48.7 Å². The number of nitriles is 1. The first-order chi connectivity index (χ1) is 13.1. The number of carbonyl (C=O) groups excluding carboxylic acids is 1. The fourth-order valence-electron chi connectivity index (χ4n) is 2.69. The zero-order valence-electron chi connectivity index (χ0n) is 14.4. The molecule has 6 nitrogen and oxygen atoms in total. The number of aromatic nitrogens is 1. The predicted octanol–water partition coefficient (Wildman–Crippen LogP) is 2.91. The molecule has 0 atom stereocenters. The van der Waals surface area contributed by atoms with Crippen molar-refractivity contribution in [1.82, 2.24) is 10.3 Å². The van der Waals surface area contributed by atoms with E-state index in [0.717, 1.165) is 5.56 Å². The molecule has 0 fully saturated rings. The van der Waals surface area contributed by atoms with Gasteiger partial charge in [-0.25, -0.2) is 0 Å². The van der Waals surface area contributed by atoms with E-state index in [0.29, 0.717) is 29.4 Å². The summed E-state index contributed by atoms with van der Waals surface area (Å²) < 4.78 is 0. The Hall–Kier alpha value is -3.85. The normalized spacial score (nSPS) is 11.1. The molecule has 1 amide bonds. The van der Waals surface area contributed by atoms with Crippen LogP contribution in [0.15, 0.2) is 60.3 Å². The lowest BCUT2D eigenvalue weighted by atomic mass is 10.0. The molecule has 0 aliphatic rings. The molecule has 0 aliphatic heterocycles. The number of nitrogens with one attached hydrogen (secondary N) is 1. The number of nitrogens with zero attached hydrogens (tertiary/aromatic N) is 2. The van der Waals surface area contributed by atoms with E-state index in [1.807, 2.05) is 6.07 Å². The van der Waals surface area contributed by atoms with E-state index in [4.69, 9.17) is 0 Å². The average Bonchev–Trinajstić information content (AvgIpc) is 2.69. The topological polar surface area (TPSA) is 106 Å². The molecule has 0 saturated carbocycles. The van der Waals surface area contributed by atoms with Crippen LogP contribution in [0.2, 0.25) is 0 Å². The molecule has 0 unspecified atom stereocenters. The quantitative estimate of drug-likeness (QED) is 0.480. The highest BCUT2D eigenvalue weighted by molar-refractivity contribution is 6.04. The van der Waals surface area contributed by atoms with Gasteiger partial charge in [0.2, 0.25) is 0 Å². The molecule has 1 aromatic heterocycles. The van der Waals surface area contributed by atoms with Gasteiger partial charge >= 0.3 is 0 Å². The molecule has 6 heteroatoms. The first-order valence-corrected chi connectivity index (χ1v) is 8.33. The third-order valence-electron chi connectivity index (χ3n) is 4.08. The Balaban J connectivity index is 1.74. The van der Waals surface area contributed by atoms with Gasteiger partial charge in [0.1, 0.15) is 28.7 Å². The smallest absolute Gasteiger partial charge is 0.261 e. The maximum Gasteiger partial charge on any atom is 0.261 e. The number of aromatic hydroxyl groups is 2. The van der Waals surface area contributed by atoms with Crippen molar-refractivity contribution in [3.8, 4) is 17.6 Å². The Morgan fingerprint density at radius 1 is 1.15 bits per heavy atom. The molecule has 3 N–H and O–H groups in total. The average molecular weight is 359 g/mol. The monoisotopic (exact) mass is 359 g/mol. The van der Waals surface area contributed by atoms with Crippen LogP contribution in [0.25, 0.3) is 17.0 Å². The first-order valence-electron chi connectivity index (χ1n) is 8.33. The summed E-state index contributed by atoms with van der Waals surface area (Å²) in [5, 5.41) is 31.9. The SMILES string of the molecule is N#CC(=Cc1ccc(O)c2ncccc12)C(=O)NCCc1ccc(O)cc1. The minimum absolute atomic E-state index is 0.0310. The van der Waals surface area contributed by atoms with Crippen LogP contribution in [0.3, 0.4) is 0 Å². The molecule has 0 saturated heterocycles. The van der Waals surface area contributed by atoms with Crippen molar-refractivity contribution < 1.29 is 15.0 Å². The minimum Gasteiger partial charge on any atom is -0.508 e. The molecule has 2 aromatic carbocycles. The number of carbonyl (C=O) groups is 1. The predicted molar refractivity (Wildman–Crippen MR) is 102 cm³/mol. The standard InChI is InChI=1S/C21H17N3O3/c22-13-16(21(27)24-11-9-14-3-6-17(25)7-4-14)12-15-5-8-19(26)20-18(15)2-1-10-23-20/h1-8,10,12,25-26H,9,11H2,(H,24,27). The van der Waals surface area contributed by atoms with E-state index in [2.05, 4.69) is 10.3 Å². The Kier molecular flexibility index (Phi) is 5.33. The maximum atomic E-state index is 12.3. The Labute approximate surface area is 156 Å². The number of amides is 1. The molecule has 0 spiro atoms. The van der Waals surface area contributed by atoms with Gasteiger partial charge in [0, 0.05) is 18.1 Å². The van der Waals surface area contributed by atoms with Crippen molar-refractivity contribution in [3.63, 3.8) is 0 Å². The largest absolute Gasteiger partial charge is 0.508 e. The van der Waals surface area contributed by atoms with Crippen LogP contribution in [0.5, 0.6) is 11.5 Å². The number of rotatable bonds is 5. The summed E-state index contributed by atoms with van der Waals surface area (Å²) >= 11 is 0. The van der Waals surface area contributed by atoms with Crippen LogP contribution in [0, 0.1) is 11.3 Å². The molecule has 134 valence electrons. The second-order valence-electron chi connectivity index (χ2n) is 5.92. The maximum absolute atomic E-state index is 12.3. The third-order valence-corrected chi connectivity index (χ3v) is 4.08. The molecular formula is C21H17N3O3. The lowest BCUT2D eigenvalue weighted by Gasteiger charge is -2.06. The Bertz CT molecular complexity index is 1050. The van der Waals surface area contributed by atoms with E-state index in [9.17, 15) is 20.3 Å². The highest BCUT2D eigenvalue weighted by Crippen LogP contribution is 2.26. The van der Waals surface area contributed by atoms with Gasteiger partial charge in [0.15, 0.2) is 0 Å². The fraction of sp³-hybridized carbons (Fsp3) is 0.0952. The molecule has 27 heavy (non-hydrogen) atoms. The highest BCUT2D eigenvalue weighted by Gasteiger charge is 2.11. The lowest BCUT2D eigenvalue weighted by molar-refractivity contribution is -0.117. The van der Waals surface area contributed by atoms with Gasteiger partial charge in [0.25, 0.3) is 5.91 Å². The first kappa shape index (κ1) is 18.0. The zero-order chi connectivity index (χ0) is 19.2. The van der Waals surface area contributed by atoms with Crippen LogP contribution >= 0.6 is 0 Å². The van der Waals surface area contributed by atoms with E-state index in [1.165, 1.54) is 12.1 Å². The third kappa shape index (κ3) is 4.22. The van der Waals surface area contributed by atoms with Crippen LogP contribution in [-0.4, -0.2) is 27.6 Å². The van der Waals surface area contributed by atoms with Crippen molar-refractivity contribution in [3.05, 3.63) is 71.4 Å². The van der Waals surface area contributed by atoms with Crippen LogP contribution in [0.4, 0.5) is 0 Å². The highest BCUT2D eigenvalue weighted by atomic mass is 16.3. The number of hydrogen-bond acceptors (Lipinski definition) is 5. The van der Waals surface area contributed by atoms with Gasteiger partial charge in [-0.2, -0.15) is 5.26 Å². The van der Waals surface area contributed by atoms with Crippen LogP contribution in [0.1, 0.15) is 11.1 Å². The molecule has 3 rings (SSSR count). The summed E-state index contributed by atoms with van der Waals surface area (Å²) in [6, 6.07) is 15.3. The van der Waals surface area contributed by atoms with Gasteiger partial charge in [-0.05, 0) is 47.9 Å². The number of phenols is 2. The van der Waals surface area contributed by atoms with Gasteiger partial charge in [0.05, 0.1) is 0 Å². The number of pyridine rings is 1. The number of benzene rings is 2. The van der Waals surface area contributed by atoms with Crippen molar-refractivity contribution in [2.45, 2.75) is 6.42 Å². The zero-order valence-corrected chi connectivity index (χ0v) is 14.4. The van der Waals surface area contributed by atoms with Crippen LogP contribution in [-0.2, 0) is 11.2 Å². The molecular weight excluding hydrogens is 342 g/mol. The van der Waals surface area contributed by atoms with E-state index in [-0.39, 0.29) is 17.1 Å². The molecule has 1 heterocycles. The summed E-state index contributed by atoms with van der Waals surface area (Å²) in [7, 11) is 0. The van der Waals surface area contributed by atoms with Crippen molar-refractivity contribution in [2.75, 3.05) is 6.54 Å². The summed E-state index contributed by atoms with van der Waals surface area (Å²) in [6.07, 6.45) is 3.63. The number of hydrogen-bond donors (Lipinski definition) is 3. The Morgan fingerprint density at radius 2 is 1.93 bits per heavy atom. The van der Waals surface area contributed by atoms with Crippen LogP contribution < -0.4 is 5.32 Å². The summed E-state index contributed by atoms with van der Waals surface area (Å²) in [5.41, 5.74) is 1.97. The van der Waals surface area contributed by atoms with Crippen molar-refractivity contribution in [2.24, 2.45) is 0 Å². The number of phenolic OH excluding ortho intramolecular Hbond substituents is 2. The van der Waals surface area contributed by atoms with E-state index >= 15 is 0 Å². The van der Waals surface area contributed by atoms with Gasteiger partial charge in [-0.15, -0.1) is 0 Å². The second kappa shape index (κ2) is 8.02. The second-order valence-corrected chi connectivity index (χ2v) is 5.92. The fourth-order valence-corrected chi connectivity index (χ4v) is 2.69. The van der Waals surface area contributed by atoms with Gasteiger partial charge < -0.3 is 15.5 Å². The summed E-state index contributed by atoms with van der Waals surface area (Å²) in [6.45, 7) is 0.362.